The second-order valence-electron chi connectivity index (χ2n) is 5.20. The zero-order valence-corrected chi connectivity index (χ0v) is 11.3. The Morgan fingerprint density at radius 2 is 2.11 bits per heavy atom. The fourth-order valence-corrected chi connectivity index (χ4v) is 2.09. The van der Waals surface area contributed by atoms with E-state index < -0.39 is 0 Å². The molecular formula is C15H18N4. The molecule has 1 aliphatic rings. The summed E-state index contributed by atoms with van der Waals surface area (Å²) in [5.41, 5.74) is 4.18. The van der Waals surface area contributed by atoms with Crippen molar-refractivity contribution in [1.29, 1.82) is 0 Å². The van der Waals surface area contributed by atoms with Gasteiger partial charge in [-0.15, -0.1) is 0 Å². The Hall–Kier alpha value is -1.81. The summed E-state index contributed by atoms with van der Waals surface area (Å²) in [4.78, 5) is 13.4. The van der Waals surface area contributed by atoms with E-state index in [4.69, 9.17) is 0 Å². The summed E-state index contributed by atoms with van der Waals surface area (Å²) in [6, 6.07) is 4.76. The van der Waals surface area contributed by atoms with Crippen molar-refractivity contribution < 1.29 is 0 Å². The molecule has 1 saturated carbocycles. The van der Waals surface area contributed by atoms with Gasteiger partial charge in [-0.1, -0.05) is 6.07 Å². The Labute approximate surface area is 113 Å². The highest BCUT2D eigenvalue weighted by Crippen LogP contribution is 2.20. The number of nitrogens with zero attached hydrogens (tertiary/aromatic N) is 3. The molecule has 1 fully saturated rings. The van der Waals surface area contributed by atoms with Gasteiger partial charge in [-0.25, -0.2) is 9.97 Å². The lowest BCUT2D eigenvalue weighted by molar-refractivity contribution is 0.673. The van der Waals surface area contributed by atoms with Gasteiger partial charge in [0.25, 0.3) is 0 Å². The van der Waals surface area contributed by atoms with E-state index in [1.807, 2.05) is 32.3 Å². The van der Waals surface area contributed by atoms with Crippen LogP contribution in [0.2, 0.25) is 0 Å². The normalized spacial score (nSPS) is 14.6. The van der Waals surface area contributed by atoms with Gasteiger partial charge in [0, 0.05) is 25.0 Å². The van der Waals surface area contributed by atoms with E-state index in [9.17, 15) is 0 Å². The standard InChI is InChI=1S/C15H18N4/c1-10-7-11(2)14(18-8-10)15-16-6-5-13(19-15)9-17-12-3-4-12/h5-8,12,17H,3-4,9H2,1-2H3. The van der Waals surface area contributed by atoms with Gasteiger partial charge in [-0.05, 0) is 43.9 Å². The van der Waals surface area contributed by atoms with Crippen LogP contribution >= 0.6 is 0 Å². The average molecular weight is 254 g/mol. The number of nitrogens with one attached hydrogen (secondary N) is 1. The monoisotopic (exact) mass is 254 g/mol. The fourth-order valence-electron chi connectivity index (χ4n) is 2.09. The maximum absolute atomic E-state index is 4.60. The van der Waals surface area contributed by atoms with Crippen LogP contribution in [0, 0.1) is 13.8 Å². The first kappa shape index (κ1) is 12.2. The van der Waals surface area contributed by atoms with Gasteiger partial charge >= 0.3 is 0 Å². The molecule has 4 nitrogen and oxygen atoms in total. The van der Waals surface area contributed by atoms with Crippen molar-refractivity contribution in [3.8, 4) is 11.5 Å². The Kier molecular flexibility index (Phi) is 3.25. The number of hydrogen-bond donors (Lipinski definition) is 1. The molecule has 1 N–H and O–H groups in total. The first-order chi connectivity index (χ1) is 9.22. The molecule has 0 radical (unpaired) electrons. The molecule has 4 heteroatoms. The molecule has 98 valence electrons. The summed E-state index contributed by atoms with van der Waals surface area (Å²) in [7, 11) is 0. The predicted molar refractivity (Wildman–Crippen MR) is 74.6 cm³/mol. The first-order valence-electron chi connectivity index (χ1n) is 6.71. The van der Waals surface area contributed by atoms with Crippen molar-refractivity contribution in [3.05, 3.63) is 41.3 Å². The van der Waals surface area contributed by atoms with Gasteiger partial charge in [-0.3, -0.25) is 4.98 Å². The minimum atomic E-state index is 0.692. The van der Waals surface area contributed by atoms with Crippen molar-refractivity contribution in [1.82, 2.24) is 20.3 Å². The molecule has 0 saturated heterocycles. The van der Waals surface area contributed by atoms with E-state index in [1.165, 1.54) is 12.8 Å². The zero-order chi connectivity index (χ0) is 13.2. The summed E-state index contributed by atoms with van der Waals surface area (Å²) in [5.74, 6) is 0.715. The molecule has 19 heavy (non-hydrogen) atoms. The maximum Gasteiger partial charge on any atom is 0.178 e. The van der Waals surface area contributed by atoms with Crippen molar-refractivity contribution in [3.63, 3.8) is 0 Å². The molecule has 2 heterocycles. The lowest BCUT2D eigenvalue weighted by Gasteiger charge is -2.07. The highest BCUT2D eigenvalue weighted by Gasteiger charge is 2.20. The number of aryl methyl sites for hydroxylation is 2. The number of pyridine rings is 1. The van der Waals surface area contributed by atoms with E-state index in [2.05, 4.69) is 26.3 Å². The van der Waals surface area contributed by atoms with E-state index >= 15 is 0 Å². The lowest BCUT2D eigenvalue weighted by Crippen LogP contribution is -2.16. The van der Waals surface area contributed by atoms with Crippen LogP contribution in [0.25, 0.3) is 11.5 Å². The Morgan fingerprint density at radius 1 is 1.26 bits per heavy atom. The Balaban J connectivity index is 1.84. The van der Waals surface area contributed by atoms with Gasteiger partial charge in [0.1, 0.15) is 5.69 Å². The molecule has 0 atom stereocenters. The van der Waals surface area contributed by atoms with Crippen LogP contribution in [0.1, 0.15) is 29.7 Å². The average Bonchev–Trinajstić information content (AvgIpc) is 3.21. The van der Waals surface area contributed by atoms with E-state index in [-0.39, 0.29) is 0 Å². The SMILES string of the molecule is Cc1cnc(-c2nccc(CNC3CC3)n2)c(C)c1. The van der Waals surface area contributed by atoms with Crippen molar-refractivity contribution in [2.75, 3.05) is 0 Å². The Morgan fingerprint density at radius 3 is 2.84 bits per heavy atom. The molecule has 0 spiro atoms. The molecule has 2 aromatic heterocycles. The number of hydrogen-bond acceptors (Lipinski definition) is 4. The van der Waals surface area contributed by atoms with E-state index in [0.29, 0.717) is 11.9 Å². The van der Waals surface area contributed by atoms with Crippen LogP contribution in [0.3, 0.4) is 0 Å². The molecule has 0 amide bonds. The minimum Gasteiger partial charge on any atom is -0.308 e. The highest BCUT2D eigenvalue weighted by molar-refractivity contribution is 5.54. The fraction of sp³-hybridized carbons (Fsp3) is 0.400. The summed E-state index contributed by atoms with van der Waals surface area (Å²) in [6.07, 6.45) is 6.25. The Bertz CT molecular complexity index is 590. The number of aromatic nitrogens is 3. The summed E-state index contributed by atoms with van der Waals surface area (Å²) in [5, 5.41) is 3.46. The van der Waals surface area contributed by atoms with Crippen LogP contribution in [0.4, 0.5) is 0 Å². The molecule has 0 bridgehead atoms. The third-order valence-corrected chi connectivity index (χ3v) is 3.29. The van der Waals surface area contributed by atoms with Crippen LogP contribution in [0.5, 0.6) is 0 Å². The smallest absolute Gasteiger partial charge is 0.178 e. The van der Waals surface area contributed by atoms with Gasteiger partial charge in [0.2, 0.25) is 0 Å². The molecule has 0 aliphatic heterocycles. The van der Waals surface area contributed by atoms with Gasteiger partial charge in [0.15, 0.2) is 5.82 Å². The summed E-state index contributed by atoms with van der Waals surface area (Å²) < 4.78 is 0. The predicted octanol–water partition coefficient (Wildman–Crippen LogP) is 2.41. The largest absolute Gasteiger partial charge is 0.308 e. The molecule has 2 aromatic rings. The van der Waals surface area contributed by atoms with Crippen LogP contribution in [-0.2, 0) is 6.54 Å². The number of rotatable bonds is 4. The van der Waals surface area contributed by atoms with Crippen molar-refractivity contribution in [2.24, 2.45) is 0 Å². The quantitative estimate of drug-likeness (QED) is 0.910. The molecule has 1 aliphatic carbocycles. The highest BCUT2D eigenvalue weighted by atomic mass is 15.0. The molecule has 0 aromatic carbocycles. The maximum atomic E-state index is 4.60. The van der Waals surface area contributed by atoms with Gasteiger partial charge in [0.05, 0.1) is 5.69 Å². The van der Waals surface area contributed by atoms with E-state index in [0.717, 1.165) is 29.1 Å². The van der Waals surface area contributed by atoms with Crippen LogP contribution < -0.4 is 5.32 Å². The van der Waals surface area contributed by atoms with E-state index in [1.54, 1.807) is 0 Å². The molecule has 3 rings (SSSR count). The molecular weight excluding hydrogens is 236 g/mol. The van der Waals surface area contributed by atoms with Crippen LogP contribution in [0.15, 0.2) is 24.5 Å². The van der Waals surface area contributed by atoms with Gasteiger partial charge in [-0.2, -0.15) is 0 Å². The molecule has 0 unspecified atom stereocenters. The zero-order valence-electron chi connectivity index (χ0n) is 11.3. The second-order valence-corrected chi connectivity index (χ2v) is 5.20. The first-order valence-corrected chi connectivity index (χ1v) is 6.71. The van der Waals surface area contributed by atoms with Crippen molar-refractivity contribution in [2.45, 2.75) is 39.3 Å². The summed E-state index contributed by atoms with van der Waals surface area (Å²) in [6.45, 7) is 4.90. The third-order valence-electron chi connectivity index (χ3n) is 3.29. The topological polar surface area (TPSA) is 50.7 Å². The summed E-state index contributed by atoms with van der Waals surface area (Å²) >= 11 is 0. The lowest BCUT2D eigenvalue weighted by atomic mass is 10.1. The van der Waals surface area contributed by atoms with Crippen molar-refractivity contribution >= 4 is 0 Å². The minimum absolute atomic E-state index is 0.692. The van der Waals surface area contributed by atoms with Gasteiger partial charge < -0.3 is 5.32 Å². The second kappa shape index (κ2) is 5.05. The third kappa shape index (κ3) is 2.96. The van der Waals surface area contributed by atoms with Crippen LogP contribution in [-0.4, -0.2) is 21.0 Å².